The van der Waals surface area contributed by atoms with Gasteiger partial charge in [-0.1, -0.05) is 68.4 Å². The first-order valence-corrected chi connectivity index (χ1v) is 11.3. The Labute approximate surface area is 185 Å². The summed E-state index contributed by atoms with van der Waals surface area (Å²) in [5.41, 5.74) is 8.30. The second-order valence-corrected chi connectivity index (χ2v) is 9.96. The molecule has 1 heterocycles. The zero-order valence-corrected chi connectivity index (χ0v) is 18.2. The predicted octanol–water partition coefficient (Wildman–Crippen LogP) is 5.71. The average molecular weight is 420 g/mol. The molecule has 31 heavy (non-hydrogen) atoms. The third-order valence-corrected chi connectivity index (χ3v) is 7.86. The summed E-state index contributed by atoms with van der Waals surface area (Å²) >= 11 is 1.73. The molecule has 4 heteroatoms. The molecule has 150 valence electrons. The summed E-state index contributed by atoms with van der Waals surface area (Å²) in [7, 11) is -1.46. The van der Waals surface area contributed by atoms with Crippen LogP contribution in [0, 0.1) is 0 Å². The molecule has 0 aliphatic heterocycles. The molecule has 2 N–H and O–H groups in total. The predicted molar refractivity (Wildman–Crippen MR) is 132 cm³/mol. The lowest BCUT2D eigenvalue weighted by Gasteiger charge is -2.22. The highest BCUT2D eigenvalue weighted by atomic mass is 32.1. The van der Waals surface area contributed by atoms with Crippen molar-refractivity contribution in [1.82, 2.24) is 0 Å². The molecule has 0 atom stereocenters. The van der Waals surface area contributed by atoms with Gasteiger partial charge < -0.3 is 10.0 Å². The van der Waals surface area contributed by atoms with Crippen LogP contribution in [0.15, 0.2) is 78.9 Å². The van der Waals surface area contributed by atoms with Gasteiger partial charge in [0, 0.05) is 20.2 Å². The number of hydrogen-bond donors (Lipinski definition) is 2. The van der Waals surface area contributed by atoms with E-state index < -0.39 is 7.12 Å². The van der Waals surface area contributed by atoms with Crippen LogP contribution < -0.4 is 5.46 Å². The highest BCUT2D eigenvalue weighted by Crippen LogP contribution is 2.49. The lowest BCUT2D eigenvalue weighted by Crippen LogP contribution is -2.29. The molecule has 1 aliphatic rings. The number of thiophene rings is 1. The van der Waals surface area contributed by atoms with E-state index in [1.807, 2.05) is 12.1 Å². The molecule has 0 spiro atoms. The van der Waals surface area contributed by atoms with Gasteiger partial charge in [0.15, 0.2) is 0 Å². The summed E-state index contributed by atoms with van der Waals surface area (Å²) in [4.78, 5) is 0. The first kappa shape index (κ1) is 18.8. The molecule has 6 rings (SSSR count). The second kappa shape index (κ2) is 6.54. The van der Waals surface area contributed by atoms with Crippen molar-refractivity contribution in [3.05, 3.63) is 90.0 Å². The van der Waals surface area contributed by atoms with Gasteiger partial charge in [-0.2, -0.15) is 0 Å². The maximum atomic E-state index is 9.60. The Balaban J connectivity index is 1.52. The highest BCUT2D eigenvalue weighted by molar-refractivity contribution is 7.25. The zero-order chi connectivity index (χ0) is 21.3. The molecule has 0 bridgehead atoms. The quantitative estimate of drug-likeness (QED) is 0.359. The maximum Gasteiger partial charge on any atom is 0.488 e. The molecule has 0 saturated heterocycles. The minimum absolute atomic E-state index is 0.0206. The van der Waals surface area contributed by atoms with E-state index in [9.17, 15) is 10.0 Å². The van der Waals surface area contributed by atoms with Crippen molar-refractivity contribution < 1.29 is 10.0 Å². The summed E-state index contributed by atoms with van der Waals surface area (Å²) in [5.74, 6) is 0. The first-order valence-electron chi connectivity index (χ1n) is 10.5. The van der Waals surface area contributed by atoms with Crippen LogP contribution in [0.4, 0.5) is 0 Å². The molecule has 0 fully saturated rings. The Kier molecular flexibility index (Phi) is 3.97. The van der Waals surface area contributed by atoms with E-state index in [0.717, 1.165) is 15.5 Å². The molecular formula is C27H21BO2S. The van der Waals surface area contributed by atoms with Crippen molar-refractivity contribution in [2.24, 2.45) is 0 Å². The van der Waals surface area contributed by atoms with E-state index >= 15 is 0 Å². The minimum Gasteiger partial charge on any atom is -0.423 e. The standard InChI is InChI=1S/C27H21BO2S/c1-27(2)23-6-4-3-5-19(23)20-10-7-17(14-24(20)27)16-8-11-25-21(13-16)22-15-18(28(29)30)9-12-26(22)31-25/h3-15,29-30H,1-2H3. The second-order valence-electron chi connectivity index (χ2n) is 8.87. The molecule has 1 aliphatic carbocycles. The molecule has 0 saturated carbocycles. The zero-order valence-electron chi connectivity index (χ0n) is 17.4. The van der Waals surface area contributed by atoms with Gasteiger partial charge in [0.05, 0.1) is 0 Å². The monoisotopic (exact) mass is 420 g/mol. The Morgan fingerprint density at radius 2 is 1.32 bits per heavy atom. The summed E-state index contributed by atoms with van der Waals surface area (Å²) in [6.07, 6.45) is 0. The van der Waals surface area contributed by atoms with E-state index in [1.54, 1.807) is 17.4 Å². The average Bonchev–Trinajstić information content (AvgIpc) is 3.25. The molecular weight excluding hydrogens is 399 g/mol. The molecule has 0 unspecified atom stereocenters. The van der Waals surface area contributed by atoms with E-state index in [1.165, 1.54) is 38.1 Å². The van der Waals surface area contributed by atoms with Crippen LogP contribution in [-0.4, -0.2) is 17.2 Å². The smallest absolute Gasteiger partial charge is 0.423 e. The van der Waals surface area contributed by atoms with Gasteiger partial charge in [0.1, 0.15) is 0 Å². The van der Waals surface area contributed by atoms with E-state index in [4.69, 9.17) is 0 Å². The summed E-state index contributed by atoms with van der Waals surface area (Å²) in [5, 5.41) is 21.4. The van der Waals surface area contributed by atoms with Gasteiger partial charge in [0.25, 0.3) is 0 Å². The maximum absolute atomic E-state index is 9.60. The van der Waals surface area contributed by atoms with Crippen LogP contribution in [-0.2, 0) is 5.41 Å². The third kappa shape index (κ3) is 2.72. The van der Waals surface area contributed by atoms with Crippen molar-refractivity contribution >= 4 is 44.1 Å². The summed E-state index contributed by atoms with van der Waals surface area (Å²) in [6.45, 7) is 4.61. The van der Waals surface area contributed by atoms with Crippen LogP contribution in [0.5, 0.6) is 0 Å². The van der Waals surface area contributed by atoms with Gasteiger partial charge in [-0.05, 0) is 68.5 Å². The largest absolute Gasteiger partial charge is 0.488 e. The number of fused-ring (bicyclic) bond motifs is 6. The summed E-state index contributed by atoms with van der Waals surface area (Å²) < 4.78 is 2.36. The van der Waals surface area contributed by atoms with Gasteiger partial charge >= 0.3 is 7.12 Å². The van der Waals surface area contributed by atoms with Gasteiger partial charge in [-0.3, -0.25) is 0 Å². The van der Waals surface area contributed by atoms with Gasteiger partial charge in [-0.15, -0.1) is 11.3 Å². The lowest BCUT2D eigenvalue weighted by atomic mass is 9.80. The van der Waals surface area contributed by atoms with Crippen molar-refractivity contribution in [2.75, 3.05) is 0 Å². The third-order valence-electron chi connectivity index (χ3n) is 6.71. The van der Waals surface area contributed by atoms with Crippen molar-refractivity contribution in [3.63, 3.8) is 0 Å². The van der Waals surface area contributed by atoms with Crippen LogP contribution in [0.1, 0.15) is 25.0 Å². The van der Waals surface area contributed by atoms with E-state index in [0.29, 0.717) is 5.46 Å². The highest BCUT2D eigenvalue weighted by Gasteiger charge is 2.35. The lowest BCUT2D eigenvalue weighted by molar-refractivity contribution is 0.426. The Morgan fingerprint density at radius 1 is 0.677 bits per heavy atom. The molecule has 0 amide bonds. The Morgan fingerprint density at radius 3 is 2.13 bits per heavy atom. The van der Waals surface area contributed by atoms with Crippen LogP contribution in [0.2, 0.25) is 0 Å². The minimum atomic E-state index is -1.46. The molecule has 2 nitrogen and oxygen atoms in total. The topological polar surface area (TPSA) is 40.5 Å². The van der Waals surface area contributed by atoms with E-state index in [-0.39, 0.29) is 5.41 Å². The van der Waals surface area contributed by atoms with Crippen LogP contribution >= 0.6 is 11.3 Å². The molecule has 4 aromatic carbocycles. The molecule has 5 aromatic rings. The fraction of sp³-hybridized carbons (Fsp3) is 0.111. The molecule has 0 radical (unpaired) electrons. The van der Waals surface area contributed by atoms with Crippen LogP contribution in [0.3, 0.4) is 0 Å². The number of benzene rings is 4. The number of rotatable bonds is 2. The van der Waals surface area contributed by atoms with Crippen LogP contribution in [0.25, 0.3) is 42.4 Å². The fourth-order valence-corrected chi connectivity index (χ4v) is 6.09. The number of hydrogen-bond acceptors (Lipinski definition) is 3. The van der Waals surface area contributed by atoms with Gasteiger partial charge in [0.2, 0.25) is 0 Å². The summed E-state index contributed by atoms with van der Waals surface area (Å²) in [6, 6.07) is 27.8. The Hall–Kier alpha value is -2.92. The van der Waals surface area contributed by atoms with Gasteiger partial charge in [-0.25, -0.2) is 0 Å². The SMILES string of the molecule is CC1(C)c2ccccc2-c2ccc(-c3ccc4sc5ccc(B(O)O)cc5c4c3)cc21. The van der Waals surface area contributed by atoms with Crippen molar-refractivity contribution in [2.45, 2.75) is 19.3 Å². The fourth-order valence-electron chi connectivity index (χ4n) is 5.02. The molecule has 1 aromatic heterocycles. The normalized spacial score (nSPS) is 14.1. The van der Waals surface area contributed by atoms with Crippen molar-refractivity contribution in [3.8, 4) is 22.3 Å². The van der Waals surface area contributed by atoms with Crippen molar-refractivity contribution in [1.29, 1.82) is 0 Å². The first-order chi connectivity index (χ1) is 14.9. The Bertz CT molecular complexity index is 1500. The van der Waals surface area contributed by atoms with E-state index in [2.05, 4.69) is 74.5 Å².